The molecule has 0 aliphatic heterocycles. The van der Waals surface area contributed by atoms with E-state index in [0.29, 0.717) is 5.56 Å². The van der Waals surface area contributed by atoms with Crippen LogP contribution in [0, 0.1) is 5.92 Å². The van der Waals surface area contributed by atoms with E-state index >= 15 is 0 Å². The number of aromatic nitrogens is 1. The molecule has 2 N–H and O–H groups in total. The van der Waals surface area contributed by atoms with E-state index in [9.17, 15) is 4.79 Å². The second-order valence-electron chi connectivity index (χ2n) is 5.11. The number of carbonyl (C=O) groups excluding carboxylic acids is 1. The molecule has 0 aromatic carbocycles. The smallest absolute Gasteiger partial charge is 0.251 e. The zero-order valence-corrected chi connectivity index (χ0v) is 12.2. The minimum Gasteiger partial charge on any atom is -0.370 e. The highest BCUT2D eigenvalue weighted by Gasteiger charge is 2.05. The van der Waals surface area contributed by atoms with Crippen LogP contribution in [0.4, 0.5) is 5.82 Å². The summed E-state index contributed by atoms with van der Waals surface area (Å²) in [6.45, 7) is 7.98. The quantitative estimate of drug-likeness (QED) is 0.709. The maximum atomic E-state index is 11.9. The third-order valence-electron chi connectivity index (χ3n) is 2.87. The third kappa shape index (κ3) is 6.22. The molecule has 0 saturated carbocycles. The highest BCUT2D eigenvalue weighted by molar-refractivity contribution is 5.94. The molecule has 4 nitrogen and oxygen atoms in total. The first-order chi connectivity index (χ1) is 9.13. The van der Waals surface area contributed by atoms with Gasteiger partial charge < -0.3 is 10.6 Å². The molecule has 1 aromatic rings. The van der Waals surface area contributed by atoms with Gasteiger partial charge in [0.2, 0.25) is 0 Å². The zero-order chi connectivity index (χ0) is 14.1. The van der Waals surface area contributed by atoms with Gasteiger partial charge in [0.15, 0.2) is 0 Å². The lowest BCUT2D eigenvalue weighted by molar-refractivity contribution is 0.0953. The Labute approximate surface area is 116 Å². The number of pyridine rings is 1. The van der Waals surface area contributed by atoms with Gasteiger partial charge in [-0.3, -0.25) is 4.79 Å². The van der Waals surface area contributed by atoms with Gasteiger partial charge in [-0.15, -0.1) is 0 Å². The molecule has 1 aromatic heterocycles. The van der Waals surface area contributed by atoms with Gasteiger partial charge in [-0.25, -0.2) is 4.98 Å². The van der Waals surface area contributed by atoms with Gasteiger partial charge in [0.1, 0.15) is 5.82 Å². The van der Waals surface area contributed by atoms with Crippen LogP contribution in [0.1, 0.15) is 50.4 Å². The zero-order valence-electron chi connectivity index (χ0n) is 12.2. The standard InChI is InChI=1S/C15H25N3O/c1-4-16-14-11-13(8-10-17-14)15(19)18-9-6-5-7-12(2)3/h8,10-12H,4-7,9H2,1-3H3,(H,16,17)(H,18,19). The predicted molar refractivity (Wildman–Crippen MR) is 79.4 cm³/mol. The molecular formula is C15H25N3O. The molecule has 0 fully saturated rings. The van der Waals surface area contributed by atoms with Crippen LogP contribution < -0.4 is 10.6 Å². The number of hydrogen-bond donors (Lipinski definition) is 2. The van der Waals surface area contributed by atoms with Gasteiger partial charge in [-0.05, 0) is 31.4 Å². The summed E-state index contributed by atoms with van der Waals surface area (Å²) in [5.41, 5.74) is 0.662. The highest BCUT2D eigenvalue weighted by atomic mass is 16.1. The molecule has 0 aliphatic rings. The Morgan fingerprint density at radius 1 is 1.37 bits per heavy atom. The Kier molecular flexibility index (Phi) is 6.93. The topological polar surface area (TPSA) is 54.0 Å². The van der Waals surface area contributed by atoms with E-state index in [1.54, 1.807) is 18.3 Å². The largest absolute Gasteiger partial charge is 0.370 e. The van der Waals surface area contributed by atoms with Crippen LogP contribution >= 0.6 is 0 Å². The molecule has 0 radical (unpaired) electrons. The number of nitrogens with zero attached hydrogens (tertiary/aromatic N) is 1. The Hall–Kier alpha value is -1.58. The molecule has 4 heteroatoms. The van der Waals surface area contributed by atoms with E-state index in [1.807, 2.05) is 6.92 Å². The molecule has 1 amide bonds. The Bertz CT molecular complexity index is 391. The van der Waals surface area contributed by atoms with Gasteiger partial charge in [-0.1, -0.05) is 26.7 Å². The van der Waals surface area contributed by atoms with Crippen molar-refractivity contribution >= 4 is 11.7 Å². The van der Waals surface area contributed by atoms with Gasteiger partial charge in [-0.2, -0.15) is 0 Å². The third-order valence-corrected chi connectivity index (χ3v) is 2.87. The summed E-state index contributed by atoms with van der Waals surface area (Å²) in [6.07, 6.45) is 5.08. The fourth-order valence-electron chi connectivity index (χ4n) is 1.83. The number of hydrogen-bond acceptors (Lipinski definition) is 3. The summed E-state index contributed by atoms with van der Waals surface area (Å²) in [5.74, 6) is 1.46. The molecule has 19 heavy (non-hydrogen) atoms. The van der Waals surface area contributed by atoms with Crippen molar-refractivity contribution in [3.63, 3.8) is 0 Å². The molecule has 1 rings (SSSR count). The Balaban J connectivity index is 2.34. The maximum Gasteiger partial charge on any atom is 0.251 e. The number of rotatable bonds is 8. The van der Waals surface area contributed by atoms with Gasteiger partial charge in [0.25, 0.3) is 5.91 Å². The summed E-state index contributed by atoms with van der Waals surface area (Å²) in [4.78, 5) is 16.1. The minimum atomic E-state index is -0.0221. The van der Waals surface area contributed by atoms with Crippen LogP contribution in [-0.4, -0.2) is 24.0 Å². The number of amides is 1. The van der Waals surface area contributed by atoms with Crippen molar-refractivity contribution in [3.8, 4) is 0 Å². The van der Waals surface area contributed by atoms with Crippen molar-refractivity contribution in [2.45, 2.75) is 40.0 Å². The molecule has 1 heterocycles. The minimum absolute atomic E-state index is 0.0221. The molecule has 0 saturated heterocycles. The van der Waals surface area contributed by atoms with Crippen LogP contribution in [0.25, 0.3) is 0 Å². The highest BCUT2D eigenvalue weighted by Crippen LogP contribution is 2.07. The molecule has 0 spiro atoms. The Morgan fingerprint density at radius 3 is 2.84 bits per heavy atom. The molecular weight excluding hydrogens is 238 g/mol. The van der Waals surface area contributed by atoms with Crippen LogP contribution in [-0.2, 0) is 0 Å². The van der Waals surface area contributed by atoms with Gasteiger partial charge in [0, 0.05) is 24.8 Å². The summed E-state index contributed by atoms with van der Waals surface area (Å²) in [5, 5.41) is 6.05. The average Bonchev–Trinajstić information content (AvgIpc) is 2.38. The summed E-state index contributed by atoms with van der Waals surface area (Å²) in [6, 6.07) is 3.53. The van der Waals surface area contributed by atoms with Crippen molar-refractivity contribution in [1.29, 1.82) is 0 Å². The number of anilines is 1. The molecule has 0 unspecified atom stereocenters. The fraction of sp³-hybridized carbons (Fsp3) is 0.600. The van der Waals surface area contributed by atoms with Crippen molar-refractivity contribution < 1.29 is 4.79 Å². The molecule has 0 bridgehead atoms. The summed E-state index contributed by atoms with van der Waals surface area (Å²) in [7, 11) is 0. The number of carbonyl (C=O) groups is 1. The fourth-order valence-corrected chi connectivity index (χ4v) is 1.83. The van der Waals surface area contributed by atoms with Crippen molar-refractivity contribution in [2.24, 2.45) is 5.92 Å². The first-order valence-electron chi connectivity index (χ1n) is 7.11. The van der Waals surface area contributed by atoms with E-state index in [1.165, 1.54) is 6.42 Å². The summed E-state index contributed by atoms with van der Waals surface area (Å²) >= 11 is 0. The van der Waals surface area contributed by atoms with Gasteiger partial charge >= 0.3 is 0 Å². The lowest BCUT2D eigenvalue weighted by Crippen LogP contribution is -2.24. The molecule has 106 valence electrons. The first-order valence-corrected chi connectivity index (χ1v) is 7.11. The maximum absolute atomic E-state index is 11.9. The second kappa shape index (κ2) is 8.51. The second-order valence-corrected chi connectivity index (χ2v) is 5.11. The van der Waals surface area contributed by atoms with Crippen LogP contribution in [0.3, 0.4) is 0 Å². The molecule has 0 aliphatic carbocycles. The van der Waals surface area contributed by atoms with Crippen molar-refractivity contribution in [1.82, 2.24) is 10.3 Å². The van der Waals surface area contributed by atoms with E-state index in [4.69, 9.17) is 0 Å². The lowest BCUT2D eigenvalue weighted by Gasteiger charge is -2.08. The first kappa shape index (κ1) is 15.5. The number of unbranched alkanes of at least 4 members (excludes halogenated alkanes) is 1. The van der Waals surface area contributed by atoms with Crippen LogP contribution in [0.5, 0.6) is 0 Å². The SMILES string of the molecule is CCNc1cc(C(=O)NCCCCC(C)C)ccn1. The van der Waals surface area contributed by atoms with Gasteiger partial charge in [0.05, 0.1) is 0 Å². The van der Waals surface area contributed by atoms with Crippen LogP contribution in [0.2, 0.25) is 0 Å². The van der Waals surface area contributed by atoms with Crippen molar-refractivity contribution in [2.75, 3.05) is 18.4 Å². The predicted octanol–water partition coefficient (Wildman–Crippen LogP) is 3.07. The van der Waals surface area contributed by atoms with Crippen molar-refractivity contribution in [3.05, 3.63) is 23.9 Å². The number of nitrogens with one attached hydrogen (secondary N) is 2. The van der Waals surface area contributed by atoms with Crippen LogP contribution in [0.15, 0.2) is 18.3 Å². The van der Waals surface area contributed by atoms with E-state index in [0.717, 1.165) is 37.7 Å². The monoisotopic (exact) mass is 263 g/mol. The normalized spacial score (nSPS) is 10.5. The van der Waals surface area contributed by atoms with E-state index in [-0.39, 0.29) is 5.91 Å². The van der Waals surface area contributed by atoms with E-state index in [2.05, 4.69) is 29.5 Å². The Morgan fingerprint density at radius 2 is 2.16 bits per heavy atom. The van der Waals surface area contributed by atoms with E-state index < -0.39 is 0 Å². The summed E-state index contributed by atoms with van der Waals surface area (Å²) < 4.78 is 0. The molecule has 0 atom stereocenters. The average molecular weight is 263 g/mol. The lowest BCUT2D eigenvalue weighted by atomic mass is 10.1.